The first kappa shape index (κ1) is 16.0. The fourth-order valence-electron chi connectivity index (χ4n) is 1.47. The van der Waals surface area contributed by atoms with E-state index in [0.717, 1.165) is 6.07 Å². The van der Waals surface area contributed by atoms with Crippen LogP contribution in [0.2, 0.25) is 0 Å². The smallest absolute Gasteiger partial charge is 0.335 e. The molecule has 0 bridgehead atoms. The molecule has 6 nitrogen and oxygen atoms in total. The Morgan fingerprint density at radius 1 is 1.00 bits per heavy atom. The second-order valence-corrected chi connectivity index (χ2v) is 4.20. The number of carbonyl (C=O) groups is 2. The molecule has 0 saturated carbocycles. The number of aryl methyl sites for hydroxylation is 1. The average Bonchev–Trinajstić information content (AvgIpc) is 2.43. The molecule has 2 rings (SSSR count). The summed E-state index contributed by atoms with van der Waals surface area (Å²) < 4.78 is 0. The minimum atomic E-state index is -1.12. The minimum Gasteiger partial charge on any atom is -0.506 e. The number of carboxylic acids is 2. The Hall–Kier alpha value is -3.02. The van der Waals surface area contributed by atoms with Gasteiger partial charge in [0.1, 0.15) is 5.75 Å². The summed E-state index contributed by atoms with van der Waals surface area (Å²) >= 11 is 0. The molecule has 6 heteroatoms. The zero-order valence-electron chi connectivity index (χ0n) is 11.3. The molecule has 21 heavy (non-hydrogen) atoms. The van der Waals surface area contributed by atoms with E-state index < -0.39 is 11.9 Å². The molecule has 110 valence electrons. The minimum absolute atomic E-state index is 0.0111. The maximum absolute atomic E-state index is 10.6. The molecule has 0 radical (unpaired) electrons. The van der Waals surface area contributed by atoms with Crippen LogP contribution in [0.25, 0.3) is 0 Å². The highest BCUT2D eigenvalue weighted by Crippen LogP contribution is 2.16. The van der Waals surface area contributed by atoms with Crippen LogP contribution in [0.4, 0.5) is 5.69 Å². The molecule has 0 saturated heterocycles. The second kappa shape index (κ2) is 6.95. The fraction of sp³-hybridized carbons (Fsp3) is 0.0667. The van der Waals surface area contributed by atoms with Crippen molar-refractivity contribution >= 4 is 17.6 Å². The van der Waals surface area contributed by atoms with Gasteiger partial charge in [-0.05, 0) is 36.8 Å². The quantitative estimate of drug-likeness (QED) is 0.497. The number of rotatable bonds is 2. The highest BCUT2D eigenvalue weighted by atomic mass is 16.4. The molecule has 5 N–H and O–H groups in total. The van der Waals surface area contributed by atoms with Crippen molar-refractivity contribution in [2.45, 2.75) is 6.92 Å². The summed E-state index contributed by atoms with van der Waals surface area (Å²) in [6.07, 6.45) is 0. The number of anilines is 1. The van der Waals surface area contributed by atoms with E-state index >= 15 is 0 Å². The predicted molar refractivity (Wildman–Crippen MR) is 77.6 cm³/mol. The van der Waals surface area contributed by atoms with Crippen molar-refractivity contribution in [2.24, 2.45) is 0 Å². The van der Waals surface area contributed by atoms with Crippen LogP contribution in [0.1, 0.15) is 26.3 Å². The zero-order chi connectivity index (χ0) is 16.0. The number of carboxylic acid groups (broad SMARTS) is 2. The first-order valence-electron chi connectivity index (χ1n) is 5.93. The summed E-state index contributed by atoms with van der Waals surface area (Å²) in [5, 5.41) is 26.1. The van der Waals surface area contributed by atoms with E-state index in [1.54, 1.807) is 31.2 Å². The van der Waals surface area contributed by atoms with Crippen LogP contribution in [0.15, 0.2) is 42.5 Å². The summed E-state index contributed by atoms with van der Waals surface area (Å²) in [6.45, 7) is 1.62. The van der Waals surface area contributed by atoms with Gasteiger partial charge >= 0.3 is 11.9 Å². The Bertz CT molecular complexity index is 646. The normalized spacial score (nSPS) is 9.38. The monoisotopic (exact) mass is 289 g/mol. The SMILES string of the molecule is Cc1ccc(C(=O)O)cc1C(=O)O.Nc1ccccc1O. The lowest BCUT2D eigenvalue weighted by molar-refractivity contribution is 0.0695. The van der Waals surface area contributed by atoms with E-state index in [1.165, 1.54) is 12.1 Å². The second-order valence-electron chi connectivity index (χ2n) is 4.20. The lowest BCUT2D eigenvalue weighted by Gasteiger charge is -2.01. The Balaban J connectivity index is 0.000000235. The number of hydrogen-bond donors (Lipinski definition) is 4. The third kappa shape index (κ3) is 4.54. The van der Waals surface area contributed by atoms with Gasteiger partial charge in [-0.15, -0.1) is 0 Å². The standard InChI is InChI=1S/C9H8O4.C6H7NO/c1-5-2-3-6(8(10)11)4-7(5)9(12)13;7-5-3-1-2-4-6(5)8/h2-4H,1H3,(H,10,11)(H,12,13);1-4,8H,7H2. The molecule has 0 aromatic heterocycles. The molecule has 0 fully saturated rings. The first-order chi connectivity index (χ1) is 9.82. The molecular weight excluding hydrogens is 274 g/mol. The summed E-state index contributed by atoms with van der Waals surface area (Å²) in [6, 6.07) is 10.7. The molecular formula is C15H15NO5. The summed E-state index contributed by atoms with van der Waals surface area (Å²) in [7, 11) is 0. The van der Waals surface area contributed by atoms with Crippen molar-refractivity contribution < 1.29 is 24.9 Å². The van der Waals surface area contributed by atoms with E-state index in [0.29, 0.717) is 11.3 Å². The summed E-state index contributed by atoms with van der Waals surface area (Å²) in [5.41, 5.74) is 6.26. The van der Waals surface area contributed by atoms with Gasteiger partial charge in [-0.1, -0.05) is 18.2 Å². The molecule has 0 aliphatic carbocycles. The van der Waals surface area contributed by atoms with Gasteiger partial charge in [0, 0.05) is 0 Å². The lowest BCUT2D eigenvalue weighted by atomic mass is 10.1. The molecule has 0 heterocycles. The Kier molecular flexibility index (Phi) is 5.31. The van der Waals surface area contributed by atoms with Crippen molar-refractivity contribution in [3.63, 3.8) is 0 Å². The van der Waals surface area contributed by atoms with Crippen molar-refractivity contribution in [3.05, 3.63) is 59.2 Å². The third-order valence-corrected chi connectivity index (χ3v) is 2.65. The molecule has 0 amide bonds. The molecule has 0 atom stereocenters. The Labute approximate surface area is 121 Å². The number of nitrogen functional groups attached to an aromatic ring is 1. The van der Waals surface area contributed by atoms with Crippen molar-refractivity contribution in [2.75, 3.05) is 5.73 Å². The third-order valence-electron chi connectivity index (χ3n) is 2.65. The van der Waals surface area contributed by atoms with Crippen LogP contribution < -0.4 is 5.73 Å². The van der Waals surface area contributed by atoms with E-state index in [1.807, 2.05) is 0 Å². The Morgan fingerprint density at radius 3 is 2.05 bits per heavy atom. The average molecular weight is 289 g/mol. The van der Waals surface area contributed by atoms with Crippen LogP contribution in [0, 0.1) is 6.92 Å². The number of benzene rings is 2. The molecule has 0 spiro atoms. The largest absolute Gasteiger partial charge is 0.506 e. The molecule has 0 aliphatic rings. The van der Waals surface area contributed by atoms with E-state index in [2.05, 4.69) is 0 Å². The predicted octanol–water partition coefficient (Wildman–Crippen LogP) is 2.37. The van der Waals surface area contributed by atoms with Gasteiger partial charge in [-0.3, -0.25) is 0 Å². The van der Waals surface area contributed by atoms with Gasteiger partial charge in [0.2, 0.25) is 0 Å². The van der Waals surface area contributed by atoms with Crippen molar-refractivity contribution in [1.82, 2.24) is 0 Å². The van der Waals surface area contributed by atoms with Crippen molar-refractivity contribution in [3.8, 4) is 5.75 Å². The van der Waals surface area contributed by atoms with Gasteiger partial charge in [0.15, 0.2) is 0 Å². The molecule has 0 aliphatic heterocycles. The number of aromatic hydroxyl groups is 1. The summed E-state index contributed by atoms with van der Waals surface area (Å²) in [4.78, 5) is 21.1. The van der Waals surface area contributed by atoms with Gasteiger partial charge in [0.25, 0.3) is 0 Å². The van der Waals surface area contributed by atoms with Gasteiger partial charge in [-0.2, -0.15) is 0 Å². The topological polar surface area (TPSA) is 121 Å². The van der Waals surface area contributed by atoms with E-state index in [9.17, 15) is 9.59 Å². The molecule has 2 aromatic carbocycles. The van der Waals surface area contributed by atoms with E-state index in [4.69, 9.17) is 21.1 Å². The lowest BCUT2D eigenvalue weighted by Crippen LogP contribution is -2.03. The Morgan fingerprint density at radius 2 is 1.62 bits per heavy atom. The maximum Gasteiger partial charge on any atom is 0.335 e. The highest BCUT2D eigenvalue weighted by molar-refractivity contribution is 5.94. The number of para-hydroxylation sites is 2. The van der Waals surface area contributed by atoms with Crippen molar-refractivity contribution in [1.29, 1.82) is 0 Å². The number of hydrogen-bond acceptors (Lipinski definition) is 4. The number of aromatic carboxylic acids is 2. The summed E-state index contributed by atoms with van der Waals surface area (Å²) in [5.74, 6) is -2.09. The van der Waals surface area contributed by atoms with Gasteiger partial charge in [0.05, 0.1) is 16.8 Å². The van der Waals surface area contributed by atoms with Gasteiger partial charge in [-0.25, -0.2) is 9.59 Å². The molecule has 2 aromatic rings. The maximum atomic E-state index is 10.6. The van der Waals surface area contributed by atoms with Crippen LogP contribution in [-0.2, 0) is 0 Å². The molecule has 0 unspecified atom stereocenters. The number of nitrogens with two attached hydrogens (primary N) is 1. The number of phenolic OH excluding ortho intramolecular Hbond substituents is 1. The first-order valence-corrected chi connectivity index (χ1v) is 5.93. The van der Waals surface area contributed by atoms with Crippen LogP contribution in [0.5, 0.6) is 5.75 Å². The van der Waals surface area contributed by atoms with Crippen LogP contribution in [0.3, 0.4) is 0 Å². The van der Waals surface area contributed by atoms with E-state index in [-0.39, 0.29) is 16.9 Å². The van der Waals surface area contributed by atoms with Crippen LogP contribution in [-0.4, -0.2) is 27.3 Å². The number of phenols is 1. The van der Waals surface area contributed by atoms with Gasteiger partial charge < -0.3 is 21.1 Å². The fourth-order valence-corrected chi connectivity index (χ4v) is 1.47. The van der Waals surface area contributed by atoms with Crippen LogP contribution >= 0.6 is 0 Å². The zero-order valence-corrected chi connectivity index (χ0v) is 11.3. The highest BCUT2D eigenvalue weighted by Gasteiger charge is 2.10.